The normalized spacial score (nSPS) is 16.6. The van der Waals surface area contributed by atoms with E-state index in [-0.39, 0.29) is 6.10 Å². The lowest BCUT2D eigenvalue weighted by atomic mass is 10.1. The van der Waals surface area contributed by atoms with E-state index in [1.165, 1.54) is 0 Å². The molecule has 0 atom stereocenters. The molecule has 4 heteroatoms. The van der Waals surface area contributed by atoms with E-state index in [9.17, 15) is 0 Å². The molecule has 0 amide bonds. The van der Waals surface area contributed by atoms with Gasteiger partial charge in [-0.2, -0.15) is 0 Å². The standard InChI is InChI=1S/C16H26N2O2/c1-12(2)10-17-11-15-16(5-4-13(3)18-15)20-14-6-8-19-9-7-14/h4-5,12,14,17H,6-11H2,1-3H3. The monoisotopic (exact) mass is 278 g/mol. The third kappa shape index (κ3) is 4.76. The van der Waals surface area contributed by atoms with Crippen molar-refractivity contribution in [3.05, 3.63) is 23.5 Å². The van der Waals surface area contributed by atoms with Gasteiger partial charge < -0.3 is 14.8 Å². The maximum absolute atomic E-state index is 6.12. The van der Waals surface area contributed by atoms with Gasteiger partial charge in [-0.15, -0.1) is 0 Å². The zero-order valence-corrected chi connectivity index (χ0v) is 12.8. The highest BCUT2D eigenvalue weighted by Gasteiger charge is 2.17. The van der Waals surface area contributed by atoms with Gasteiger partial charge >= 0.3 is 0 Å². The van der Waals surface area contributed by atoms with Gasteiger partial charge in [-0.25, -0.2) is 0 Å². The van der Waals surface area contributed by atoms with E-state index < -0.39 is 0 Å². The molecule has 0 spiro atoms. The molecule has 1 aromatic heterocycles. The molecule has 1 aliphatic rings. The molecular weight excluding hydrogens is 252 g/mol. The smallest absolute Gasteiger partial charge is 0.142 e. The molecule has 0 saturated carbocycles. The van der Waals surface area contributed by atoms with Crippen LogP contribution in [0.2, 0.25) is 0 Å². The van der Waals surface area contributed by atoms with E-state index in [4.69, 9.17) is 9.47 Å². The van der Waals surface area contributed by atoms with Crippen LogP contribution >= 0.6 is 0 Å². The Bertz CT molecular complexity index is 415. The van der Waals surface area contributed by atoms with Crippen LogP contribution < -0.4 is 10.1 Å². The van der Waals surface area contributed by atoms with E-state index in [0.29, 0.717) is 5.92 Å². The fraction of sp³-hybridized carbons (Fsp3) is 0.688. The highest BCUT2D eigenvalue weighted by Crippen LogP contribution is 2.21. The van der Waals surface area contributed by atoms with Crippen LogP contribution in [0.1, 0.15) is 38.1 Å². The Labute approximate surface area is 121 Å². The van der Waals surface area contributed by atoms with Crippen molar-refractivity contribution in [2.24, 2.45) is 5.92 Å². The second-order valence-electron chi connectivity index (χ2n) is 5.85. The third-order valence-corrected chi connectivity index (χ3v) is 3.38. The fourth-order valence-corrected chi connectivity index (χ4v) is 2.28. The number of nitrogens with one attached hydrogen (secondary N) is 1. The molecule has 112 valence electrons. The summed E-state index contributed by atoms with van der Waals surface area (Å²) < 4.78 is 11.5. The Kier molecular flexibility index (Phi) is 5.80. The highest BCUT2D eigenvalue weighted by molar-refractivity contribution is 5.29. The number of nitrogens with zero attached hydrogens (tertiary/aromatic N) is 1. The second-order valence-corrected chi connectivity index (χ2v) is 5.85. The lowest BCUT2D eigenvalue weighted by molar-refractivity contribution is 0.0249. The van der Waals surface area contributed by atoms with Gasteiger partial charge in [-0.3, -0.25) is 4.98 Å². The first-order valence-electron chi connectivity index (χ1n) is 7.57. The minimum Gasteiger partial charge on any atom is -0.488 e. The summed E-state index contributed by atoms with van der Waals surface area (Å²) in [6.07, 6.45) is 2.19. The quantitative estimate of drug-likeness (QED) is 0.869. The van der Waals surface area contributed by atoms with Crippen molar-refractivity contribution in [1.82, 2.24) is 10.3 Å². The lowest BCUT2D eigenvalue weighted by Crippen LogP contribution is -2.27. The highest BCUT2D eigenvalue weighted by atomic mass is 16.5. The number of aromatic nitrogens is 1. The van der Waals surface area contributed by atoms with Crippen LogP contribution in [0.25, 0.3) is 0 Å². The van der Waals surface area contributed by atoms with Crippen molar-refractivity contribution in [2.45, 2.75) is 46.3 Å². The molecule has 0 aromatic carbocycles. The van der Waals surface area contributed by atoms with Crippen LogP contribution in [-0.4, -0.2) is 30.8 Å². The average Bonchev–Trinajstić information content (AvgIpc) is 2.42. The molecule has 1 aromatic rings. The summed E-state index contributed by atoms with van der Waals surface area (Å²) in [4.78, 5) is 4.62. The molecule has 1 fully saturated rings. The molecule has 0 unspecified atom stereocenters. The van der Waals surface area contributed by atoms with E-state index >= 15 is 0 Å². The average molecular weight is 278 g/mol. The minimum absolute atomic E-state index is 0.261. The molecule has 0 radical (unpaired) electrons. The van der Waals surface area contributed by atoms with Crippen molar-refractivity contribution in [1.29, 1.82) is 0 Å². The van der Waals surface area contributed by atoms with Gasteiger partial charge in [0.05, 0.1) is 18.9 Å². The predicted molar refractivity (Wildman–Crippen MR) is 80.0 cm³/mol. The zero-order chi connectivity index (χ0) is 14.4. The summed E-state index contributed by atoms with van der Waals surface area (Å²) in [5, 5.41) is 3.44. The van der Waals surface area contributed by atoms with Gasteiger partial charge in [-0.05, 0) is 31.5 Å². The first kappa shape index (κ1) is 15.3. The van der Waals surface area contributed by atoms with Crippen molar-refractivity contribution < 1.29 is 9.47 Å². The van der Waals surface area contributed by atoms with Crippen LogP contribution in [0.4, 0.5) is 0 Å². The molecule has 0 bridgehead atoms. The summed E-state index contributed by atoms with van der Waals surface area (Å²) in [6.45, 7) is 9.77. The summed E-state index contributed by atoms with van der Waals surface area (Å²) in [5.74, 6) is 1.55. The summed E-state index contributed by atoms with van der Waals surface area (Å²) in [6, 6.07) is 4.06. The van der Waals surface area contributed by atoms with Crippen LogP contribution in [-0.2, 0) is 11.3 Å². The van der Waals surface area contributed by atoms with E-state index in [2.05, 4.69) is 24.1 Å². The first-order valence-corrected chi connectivity index (χ1v) is 7.57. The SMILES string of the molecule is Cc1ccc(OC2CCOCC2)c(CNCC(C)C)n1. The van der Waals surface area contributed by atoms with Gasteiger partial charge in [0, 0.05) is 25.1 Å². The molecule has 4 nitrogen and oxygen atoms in total. The van der Waals surface area contributed by atoms with Gasteiger partial charge in [-0.1, -0.05) is 13.8 Å². The van der Waals surface area contributed by atoms with Crippen LogP contribution in [0.5, 0.6) is 5.75 Å². The number of ether oxygens (including phenoxy) is 2. The number of hydrogen-bond acceptors (Lipinski definition) is 4. The van der Waals surface area contributed by atoms with Gasteiger partial charge in [0.1, 0.15) is 11.9 Å². The maximum Gasteiger partial charge on any atom is 0.142 e. The number of pyridine rings is 1. The molecule has 1 N–H and O–H groups in total. The number of aryl methyl sites for hydroxylation is 1. The van der Waals surface area contributed by atoms with Crippen molar-refractivity contribution in [3.8, 4) is 5.75 Å². The zero-order valence-electron chi connectivity index (χ0n) is 12.8. The molecule has 1 aliphatic heterocycles. The van der Waals surface area contributed by atoms with Crippen molar-refractivity contribution in [2.75, 3.05) is 19.8 Å². The summed E-state index contributed by atoms with van der Waals surface area (Å²) in [7, 11) is 0. The Balaban J connectivity index is 1.98. The second kappa shape index (κ2) is 7.60. The predicted octanol–water partition coefficient (Wildman–Crippen LogP) is 2.69. The molecule has 20 heavy (non-hydrogen) atoms. The largest absolute Gasteiger partial charge is 0.488 e. The first-order chi connectivity index (χ1) is 9.65. The summed E-state index contributed by atoms with van der Waals surface area (Å²) in [5.41, 5.74) is 2.04. The molecule has 2 rings (SSSR count). The van der Waals surface area contributed by atoms with E-state index in [1.807, 2.05) is 19.1 Å². The van der Waals surface area contributed by atoms with Crippen molar-refractivity contribution in [3.63, 3.8) is 0 Å². The Morgan fingerprint density at radius 3 is 2.80 bits per heavy atom. The van der Waals surface area contributed by atoms with Crippen LogP contribution in [0.3, 0.4) is 0 Å². The Hall–Kier alpha value is -1.13. The van der Waals surface area contributed by atoms with E-state index in [1.54, 1.807) is 0 Å². The molecule has 0 aliphatic carbocycles. The van der Waals surface area contributed by atoms with Gasteiger partial charge in [0.2, 0.25) is 0 Å². The maximum atomic E-state index is 6.12. The van der Waals surface area contributed by atoms with Crippen LogP contribution in [0, 0.1) is 12.8 Å². The fourth-order valence-electron chi connectivity index (χ4n) is 2.28. The minimum atomic E-state index is 0.261. The Morgan fingerprint density at radius 1 is 1.35 bits per heavy atom. The molecule has 2 heterocycles. The van der Waals surface area contributed by atoms with Gasteiger partial charge in [0.15, 0.2) is 0 Å². The van der Waals surface area contributed by atoms with Crippen molar-refractivity contribution >= 4 is 0 Å². The van der Waals surface area contributed by atoms with Gasteiger partial charge in [0.25, 0.3) is 0 Å². The third-order valence-electron chi connectivity index (χ3n) is 3.38. The topological polar surface area (TPSA) is 43.4 Å². The molecule has 1 saturated heterocycles. The lowest BCUT2D eigenvalue weighted by Gasteiger charge is -2.24. The Morgan fingerprint density at radius 2 is 2.10 bits per heavy atom. The summed E-state index contributed by atoms with van der Waals surface area (Å²) >= 11 is 0. The van der Waals surface area contributed by atoms with Crippen LogP contribution in [0.15, 0.2) is 12.1 Å². The molecular formula is C16H26N2O2. The number of rotatable bonds is 6. The van der Waals surface area contributed by atoms with E-state index in [0.717, 1.165) is 56.3 Å². The number of hydrogen-bond donors (Lipinski definition) is 1.